The predicted octanol–water partition coefficient (Wildman–Crippen LogP) is 3.12. The Kier molecular flexibility index (Phi) is 4.94. The molecule has 0 aliphatic heterocycles. The molecule has 0 saturated carbocycles. The van der Waals surface area contributed by atoms with Gasteiger partial charge in [0.25, 0.3) is 5.91 Å². The zero-order valence-electron chi connectivity index (χ0n) is 13.0. The number of hydrogen-bond donors (Lipinski definition) is 0. The first-order valence-electron chi connectivity index (χ1n) is 7.04. The molecule has 2 aromatic rings. The zero-order chi connectivity index (χ0) is 16.1. The van der Waals surface area contributed by atoms with Crippen LogP contribution >= 0.6 is 0 Å². The maximum absolute atomic E-state index is 12.1. The number of aryl methyl sites for hydroxylation is 2. The van der Waals surface area contributed by atoms with Gasteiger partial charge in [0.15, 0.2) is 6.61 Å². The second kappa shape index (κ2) is 6.89. The molecule has 1 amide bonds. The molecule has 0 aromatic heterocycles. The van der Waals surface area contributed by atoms with E-state index in [-0.39, 0.29) is 12.5 Å². The lowest BCUT2D eigenvalue weighted by Crippen LogP contribution is -2.31. The number of likely N-dealkylation sites (N-methyl/N-ethyl adjacent to an activating group) is 1. The summed E-state index contributed by atoms with van der Waals surface area (Å²) in [4.78, 5) is 25.5. The van der Waals surface area contributed by atoms with Crippen molar-refractivity contribution in [2.24, 2.45) is 0 Å². The summed E-state index contributed by atoms with van der Waals surface area (Å²) in [5, 5.41) is 0. The van der Waals surface area contributed by atoms with Crippen LogP contribution in [0.1, 0.15) is 21.5 Å². The van der Waals surface area contributed by atoms with E-state index < -0.39 is 5.97 Å². The molecule has 0 radical (unpaired) electrons. The van der Waals surface area contributed by atoms with Crippen molar-refractivity contribution in [2.75, 3.05) is 18.6 Å². The van der Waals surface area contributed by atoms with Crippen LogP contribution in [0.2, 0.25) is 0 Å². The summed E-state index contributed by atoms with van der Waals surface area (Å²) in [6.45, 7) is 3.62. The monoisotopic (exact) mass is 297 g/mol. The van der Waals surface area contributed by atoms with Crippen molar-refractivity contribution in [2.45, 2.75) is 13.8 Å². The van der Waals surface area contributed by atoms with Gasteiger partial charge >= 0.3 is 5.97 Å². The molecule has 114 valence electrons. The van der Waals surface area contributed by atoms with E-state index in [4.69, 9.17) is 4.74 Å². The molecule has 0 fully saturated rings. The van der Waals surface area contributed by atoms with Gasteiger partial charge in [-0.2, -0.15) is 0 Å². The Morgan fingerprint density at radius 2 is 1.68 bits per heavy atom. The standard InChI is InChI=1S/C18H19NO3/c1-13-7-9-15(10-8-13)18(21)22-12-17(20)19(3)16-6-4-5-14(2)11-16/h4-11H,12H2,1-3H3. The molecule has 4 heteroatoms. The number of ether oxygens (including phenoxy) is 1. The van der Waals surface area contributed by atoms with Crippen LogP contribution in [0.5, 0.6) is 0 Å². The summed E-state index contributed by atoms with van der Waals surface area (Å²) in [6.07, 6.45) is 0. The first kappa shape index (κ1) is 15.8. The fourth-order valence-electron chi connectivity index (χ4n) is 1.98. The molecular weight excluding hydrogens is 278 g/mol. The van der Waals surface area contributed by atoms with Crippen molar-refractivity contribution in [3.63, 3.8) is 0 Å². The molecule has 0 heterocycles. The molecule has 0 unspecified atom stereocenters. The molecule has 0 saturated heterocycles. The molecule has 4 nitrogen and oxygen atoms in total. The van der Waals surface area contributed by atoms with Gasteiger partial charge in [-0.15, -0.1) is 0 Å². The number of carbonyl (C=O) groups excluding carboxylic acids is 2. The lowest BCUT2D eigenvalue weighted by molar-refractivity contribution is -0.121. The van der Waals surface area contributed by atoms with Crippen LogP contribution < -0.4 is 4.90 Å². The highest BCUT2D eigenvalue weighted by molar-refractivity contribution is 5.96. The molecule has 0 aliphatic carbocycles. The third-order valence-electron chi connectivity index (χ3n) is 3.38. The van der Waals surface area contributed by atoms with Gasteiger partial charge in [0, 0.05) is 12.7 Å². The molecule has 0 N–H and O–H groups in total. The van der Waals surface area contributed by atoms with E-state index >= 15 is 0 Å². The zero-order valence-corrected chi connectivity index (χ0v) is 13.0. The van der Waals surface area contributed by atoms with Gasteiger partial charge in [0.2, 0.25) is 0 Å². The molecule has 0 bridgehead atoms. The van der Waals surface area contributed by atoms with Gasteiger partial charge in [-0.1, -0.05) is 29.8 Å². The summed E-state index contributed by atoms with van der Waals surface area (Å²) < 4.78 is 5.07. The minimum Gasteiger partial charge on any atom is -0.452 e. The number of rotatable bonds is 4. The number of nitrogens with zero attached hydrogens (tertiary/aromatic N) is 1. The van der Waals surface area contributed by atoms with Crippen molar-refractivity contribution in [3.8, 4) is 0 Å². The smallest absolute Gasteiger partial charge is 0.338 e. The fourth-order valence-corrected chi connectivity index (χ4v) is 1.98. The Morgan fingerprint density at radius 1 is 1.00 bits per heavy atom. The Hall–Kier alpha value is -2.62. The van der Waals surface area contributed by atoms with Crippen LogP contribution in [0, 0.1) is 13.8 Å². The van der Waals surface area contributed by atoms with E-state index in [1.807, 2.05) is 50.2 Å². The van der Waals surface area contributed by atoms with E-state index in [1.165, 1.54) is 4.90 Å². The van der Waals surface area contributed by atoms with Crippen LogP contribution in [0.15, 0.2) is 48.5 Å². The average Bonchev–Trinajstić information content (AvgIpc) is 2.52. The minimum atomic E-state index is -0.494. The quantitative estimate of drug-likeness (QED) is 0.815. The molecule has 0 aliphatic rings. The van der Waals surface area contributed by atoms with Crippen molar-refractivity contribution in [1.82, 2.24) is 0 Å². The average molecular weight is 297 g/mol. The second-order valence-electron chi connectivity index (χ2n) is 5.23. The van der Waals surface area contributed by atoms with E-state index in [0.717, 1.165) is 16.8 Å². The van der Waals surface area contributed by atoms with Crippen LogP contribution in [-0.2, 0) is 9.53 Å². The molecule has 0 spiro atoms. The minimum absolute atomic E-state index is 0.272. The summed E-state index contributed by atoms with van der Waals surface area (Å²) in [7, 11) is 1.66. The normalized spacial score (nSPS) is 10.1. The number of anilines is 1. The summed E-state index contributed by atoms with van der Waals surface area (Å²) in [6, 6.07) is 14.6. The first-order chi connectivity index (χ1) is 10.5. The topological polar surface area (TPSA) is 46.6 Å². The van der Waals surface area contributed by atoms with Gasteiger partial charge in [-0.25, -0.2) is 4.79 Å². The van der Waals surface area contributed by atoms with Gasteiger partial charge in [-0.05, 0) is 43.7 Å². The number of carbonyl (C=O) groups is 2. The molecule has 0 atom stereocenters. The molecular formula is C18H19NO3. The number of benzene rings is 2. The van der Waals surface area contributed by atoms with Crippen LogP contribution in [0.4, 0.5) is 5.69 Å². The number of esters is 1. The number of amides is 1. The third kappa shape index (κ3) is 3.95. The van der Waals surface area contributed by atoms with Crippen molar-refractivity contribution >= 4 is 17.6 Å². The van der Waals surface area contributed by atoms with Crippen LogP contribution in [-0.4, -0.2) is 25.5 Å². The van der Waals surface area contributed by atoms with Crippen molar-refractivity contribution < 1.29 is 14.3 Å². The molecule has 22 heavy (non-hydrogen) atoms. The van der Waals surface area contributed by atoms with Gasteiger partial charge in [0.05, 0.1) is 5.56 Å². The maximum atomic E-state index is 12.1. The van der Waals surface area contributed by atoms with Gasteiger partial charge in [-0.3, -0.25) is 4.79 Å². The van der Waals surface area contributed by atoms with E-state index in [0.29, 0.717) is 5.56 Å². The SMILES string of the molecule is Cc1ccc(C(=O)OCC(=O)N(C)c2cccc(C)c2)cc1. The van der Waals surface area contributed by atoms with Gasteiger partial charge < -0.3 is 9.64 Å². The fraction of sp³-hybridized carbons (Fsp3) is 0.222. The highest BCUT2D eigenvalue weighted by Gasteiger charge is 2.14. The lowest BCUT2D eigenvalue weighted by Gasteiger charge is -2.17. The molecule has 2 aromatic carbocycles. The van der Waals surface area contributed by atoms with Crippen molar-refractivity contribution in [3.05, 3.63) is 65.2 Å². The molecule has 2 rings (SSSR count). The van der Waals surface area contributed by atoms with E-state index in [2.05, 4.69) is 0 Å². The van der Waals surface area contributed by atoms with E-state index in [1.54, 1.807) is 19.2 Å². The Bertz CT molecular complexity index is 677. The Labute approximate surface area is 130 Å². The van der Waals surface area contributed by atoms with Crippen LogP contribution in [0.25, 0.3) is 0 Å². The number of hydrogen-bond acceptors (Lipinski definition) is 3. The van der Waals surface area contributed by atoms with E-state index in [9.17, 15) is 9.59 Å². The van der Waals surface area contributed by atoms with Crippen molar-refractivity contribution in [1.29, 1.82) is 0 Å². The Balaban J connectivity index is 1.94. The summed E-state index contributed by atoms with van der Waals surface area (Å²) in [5.41, 5.74) is 3.34. The predicted molar refractivity (Wildman–Crippen MR) is 86.1 cm³/mol. The highest BCUT2D eigenvalue weighted by Crippen LogP contribution is 2.14. The summed E-state index contributed by atoms with van der Waals surface area (Å²) >= 11 is 0. The van der Waals surface area contributed by atoms with Gasteiger partial charge in [0.1, 0.15) is 0 Å². The summed E-state index contributed by atoms with van der Waals surface area (Å²) in [5.74, 6) is -0.767. The third-order valence-corrected chi connectivity index (χ3v) is 3.38. The highest BCUT2D eigenvalue weighted by atomic mass is 16.5. The Morgan fingerprint density at radius 3 is 2.32 bits per heavy atom. The lowest BCUT2D eigenvalue weighted by atomic mass is 10.1. The maximum Gasteiger partial charge on any atom is 0.338 e. The first-order valence-corrected chi connectivity index (χ1v) is 7.04. The van der Waals surface area contributed by atoms with Crippen LogP contribution in [0.3, 0.4) is 0 Å². The largest absolute Gasteiger partial charge is 0.452 e. The second-order valence-corrected chi connectivity index (χ2v) is 5.23.